The maximum atomic E-state index is 11.0. The molecule has 0 saturated heterocycles. The average molecular weight is 1130 g/mol. The van der Waals surface area contributed by atoms with Crippen LogP contribution in [0.1, 0.15) is 187 Å². The van der Waals surface area contributed by atoms with E-state index in [2.05, 4.69) is 142 Å². The number of phenols is 2. The standard InChI is InChI=1S/2C37H47N3O2/c2*1-6-7-8-9-10-11-12-13-14-15-22-42-30-18-21-33(34(41)25-30)37-39-35(31-19-16-26(2)23-28(31)4)38-36(40-37)32-20-17-27(3)24-29(32)5/h2*16-21,23-25,41H,6-15,22H2,1-5H3. The van der Waals surface area contributed by atoms with E-state index in [0.717, 1.165) is 57.3 Å². The number of phenolic OH excluding ortho intramolecular Hbond substituents is 2. The molecule has 0 aliphatic rings. The third kappa shape index (κ3) is 19.3. The second-order valence-electron chi connectivity index (χ2n) is 23.3. The van der Waals surface area contributed by atoms with Crippen molar-refractivity contribution in [1.82, 2.24) is 29.9 Å². The lowest BCUT2D eigenvalue weighted by Gasteiger charge is -2.13. The van der Waals surface area contributed by atoms with Crippen LogP contribution in [-0.4, -0.2) is 53.3 Å². The van der Waals surface area contributed by atoms with Gasteiger partial charge < -0.3 is 19.7 Å². The topological polar surface area (TPSA) is 136 Å². The Bertz CT molecular complexity index is 3010. The smallest absolute Gasteiger partial charge is 0.167 e. The third-order valence-corrected chi connectivity index (χ3v) is 15.7. The van der Waals surface area contributed by atoms with Gasteiger partial charge in [0.2, 0.25) is 0 Å². The molecule has 0 spiro atoms. The summed E-state index contributed by atoms with van der Waals surface area (Å²) in [6.45, 7) is 22.4. The Labute approximate surface area is 503 Å². The molecular weight excluding hydrogens is 1040 g/mol. The van der Waals surface area contributed by atoms with Gasteiger partial charge in [-0.15, -0.1) is 0 Å². The molecular formula is C74H94N6O4. The molecule has 10 nitrogen and oxygen atoms in total. The van der Waals surface area contributed by atoms with E-state index in [1.807, 2.05) is 24.3 Å². The van der Waals surface area contributed by atoms with Gasteiger partial charge in [-0.3, -0.25) is 0 Å². The molecule has 8 rings (SSSR count). The summed E-state index contributed by atoms with van der Waals surface area (Å²) in [7, 11) is 0. The molecule has 0 aliphatic carbocycles. The highest BCUT2D eigenvalue weighted by atomic mass is 16.5. The van der Waals surface area contributed by atoms with Crippen molar-refractivity contribution >= 4 is 0 Å². The molecule has 0 aliphatic heterocycles. The van der Waals surface area contributed by atoms with E-state index in [9.17, 15) is 10.2 Å². The SMILES string of the molecule is CCCCCCCCCCCCOc1ccc(-c2nc(-c3ccc(C)cc3C)nc(-c3ccc(C)cc3C)n2)c(O)c1.CCCCCCCCCCCCOc1ccc(-c2nc(-c3ccc(C)cc3C)nc(-c3ccc(C)cc3C)n2)c(O)c1. The largest absolute Gasteiger partial charge is 0.507 e. The number of aromatic nitrogens is 6. The van der Waals surface area contributed by atoms with Crippen LogP contribution in [0.15, 0.2) is 109 Å². The molecule has 444 valence electrons. The first-order valence-corrected chi connectivity index (χ1v) is 31.5. The van der Waals surface area contributed by atoms with Gasteiger partial charge in [-0.25, -0.2) is 29.9 Å². The number of aryl methyl sites for hydroxylation is 8. The predicted octanol–water partition coefficient (Wildman–Crippen LogP) is 20.2. The summed E-state index contributed by atoms with van der Waals surface area (Å²) in [4.78, 5) is 29.1. The van der Waals surface area contributed by atoms with Crippen LogP contribution in [0.3, 0.4) is 0 Å². The van der Waals surface area contributed by atoms with Crippen LogP contribution >= 0.6 is 0 Å². The molecule has 0 bridgehead atoms. The number of hydrogen-bond donors (Lipinski definition) is 2. The normalized spacial score (nSPS) is 11.2. The lowest BCUT2D eigenvalue weighted by molar-refractivity contribution is 0.302. The fourth-order valence-corrected chi connectivity index (χ4v) is 10.9. The number of nitrogens with zero attached hydrogens (tertiary/aromatic N) is 6. The summed E-state index contributed by atoms with van der Waals surface area (Å²) in [6, 6.07) is 35.8. The number of benzene rings is 6. The molecule has 6 aromatic carbocycles. The minimum Gasteiger partial charge on any atom is -0.507 e. The Balaban J connectivity index is 0.000000241. The van der Waals surface area contributed by atoms with E-state index in [-0.39, 0.29) is 11.5 Å². The second kappa shape index (κ2) is 33.1. The molecule has 2 aromatic heterocycles. The van der Waals surface area contributed by atoms with Gasteiger partial charge in [0, 0.05) is 34.4 Å². The first-order chi connectivity index (χ1) is 40.7. The zero-order valence-corrected chi connectivity index (χ0v) is 52.3. The number of hydrogen-bond acceptors (Lipinski definition) is 10. The van der Waals surface area contributed by atoms with Crippen LogP contribution in [0.25, 0.3) is 68.3 Å². The van der Waals surface area contributed by atoms with E-state index in [4.69, 9.17) is 39.4 Å². The Hall–Kier alpha value is -7.46. The van der Waals surface area contributed by atoms with Crippen molar-refractivity contribution in [2.45, 2.75) is 198 Å². The summed E-state index contributed by atoms with van der Waals surface area (Å²) >= 11 is 0. The first-order valence-electron chi connectivity index (χ1n) is 31.5. The van der Waals surface area contributed by atoms with Gasteiger partial charge in [0.05, 0.1) is 24.3 Å². The summed E-state index contributed by atoms with van der Waals surface area (Å²) < 4.78 is 12.0. The van der Waals surface area contributed by atoms with Crippen LogP contribution in [0.4, 0.5) is 0 Å². The van der Waals surface area contributed by atoms with Gasteiger partial charge in [-0.1, -0.05) is 224 Å². The van der Waals surface area contributed by atoms with Crippen molar-refractivity contribution in [2.24, 2.45) is 0 Å². The highest BCUT2D eigenvalue weighted by molar-refractivity contribution is 5.74. The number of ether oxygens (including phenoxy) is 2. The Morgan fingerprint density at radius 3 is 0.738 bits per heavy atom. The van der Waals surface area contributed by atoms with Crippen molar-refractivity contribution in [1.29, 1.82) is 0 Å². The molecule has 0 saturated carbocycles. The predicted molar refractivity (Wildman–Crippen MR) is 348 cm³/mol. The maximum absolute atomic E-state index is 11.0. The van der Waals surface area contributed by atoms with Crippen molar-refractivity contribution in [2.75, 3.05) is 13.2 Å². The second-order valence-corrected chi connectivity index (χ2v) is 23.3. The van der Waals surface area contributed by atoms with Crippen molar-refractivity contribution in [3.63, 3.8) is 0 Å². The summed E-state index contributed by atoms with van der Waals surface area (Å²) in [5, 5.41) is 22.1. The molecule has 0 atom stereocenters. The van der Waals surface area contributed by atoms with Gasteiger partial charge in [-0.05, 0) is 115 Å². The van der Waals surface area contributed by atoms with Gasteiger partial charge in [0.25, 0.3) is 0 Å². The molecule has 0 amide bonds. The van der Waals surface area contributed by atoms with Crippen LogP contribution in [-0.2, 0) is 0 Å². The molecule has 2 N–H and O–H groups in total. The molecule has 84 heavy (non-hydrogen) atoms. The summed E-state index contributed by atoms with van der Waals surface area (Å²) in [6.07, 6.45) is 25.8. The van der Waals surface area contributed by atoms with Gasteiger partial charge in [0.15, 0.2) is 34.9 Å². The van der Waals surface area contributed by atoms with E-state index in [1.54, 1.807) is 12.1 Å². The zero-order valence-electron chi connectivity index (χ0n) is 52.3. The van der Waals surface area contributed by atoms with Gasteiger partial charge >= 0.3 is 0 Å². The monoisotopic (exact) mass is 1130 g/mol. The lowest BCUT2D eigenvalue weighted by atomic mass is 10.0. The van der Waals surface area contributed by atoms with Gasteiger partial charge in [0.1, 0.15) is 23.0 Å². The first kappa shape index (κ1) is 64.1. The summed E-state index contributed by atoms with van der Waals surface area (Å²) in [5.74, 6) is 4.75. The maximum Gasteiger partial charge on any atom is 0.167 e. The minimum absolute atomic E-state index is 0.0972. The van der Waals surface area contributed by atoms with Crippen molar-refractivity contribution in [3.05, 3.63) is 154 Å². The Morgan fingerprint density at radius 2 is 0.500 bits per heavy atom. The van der Waals surface area contributed by atoms with Crippen LogP contribution in [0, 0.1) is 55.4 Å². The zero-order chi connectivity index (χ0) is 59.8. The van der Waals surface area contributed by atoms with Crippen LogP contribution in [0.2, 0.25) is 0 Å². The average Bonchev–Trinajstić information content (AvgIpc) is 2.73. The fraction of sp³-hybridized carbons (Fsp3) is 0.432. The molecule has 10 heteroatoms. The number of unbranched alkanes of at least 4 members (excludes halogenated alkanes) is 18. The molecule has 0 fully saturated rings. The molecule has 2 heterocycles. The highest BCUT2D eigenvalue weighted by Gasteiger charge is 2.20. The van der Waals surface area contributed by atoms with E-state index < -0.39 is 0 Å². The van der Waals surface area contributed by atoms with Crippen molar-refractivity contribution in [3.8, 4) is 91.3 Å². The quantitative estimate of drug-likeness (QED) is 0.0419. The molecule has 8 aromatic rings. The fourth-order valence-electron chi connectivity index (χ4n) is 10.9. The van der Waals surface area contributed by atoms with E-state index in [1.165, 1.54) is 138 Å². The Morgan fingerprint density at radius 1 is 0.274 bits per heavy atom. The molecule has 0 radical (unpaired) electrons. The minimum atomic E-state index is 0.0972. The van der Waals surface area contributed by atoms with E-state index >= 15 is 0 Å². The number of aromatic hydroxyl groups is 2. The van der Waals surface area contributed by atoms with Gasteiger partial charge in [-0.2, -0.15) is 0 Å². The number of rotatable bonds is 30. The molecule has 0 unspecified atom stereocenters. The summed E-state index contributed by atoms with van der Waals surface area (Å²) in [5.41, 5.74) is 14.0. The Kier molecular flexibility index (Phi) is 25.3. The van der Waals surface area contributed by atoms with Crippen molar-refractivity contribution < 1.29 is 19.7 Å². The third-order valence-electron chi connectivity index (χ3n) is 15.7. The van der Waals surface area contributed by atoms with E-state index in [0.29, 0.717) is 70.8 Å². The van der Waals surface area contributed by atoms with Crippen LogP contribution < -0.4 is 9.47 Å². The lowest BCUT2D eigenvalue weighted by Crippen LogP contribution is -2.02. The van der Waals surface area contributed by atoms with Crippen LogP contribution in [0.5, 0.6) is 23.0 Å². The highest BCUT2D eigenvalue weighted by Crippen LogP contribution is 2.36.